The normalized spacial score (nSPS) is 10.7. The van der Waals surface area contributed by atoms with E-state index in [1.807, 2.05) is 30.3 Å². The summed E-state index contributed by atoms with van der Waals surface area (Å²) in [4.78, 5) is 20.1. The molecule has 156 valence electrons. The molecule has 6 nitrogen and oxygen atoms in total. The molecule has 3 aromatic carbocycles. The summed E-state index contributed by atoms with van der Waals surface area (Å²) in [7, 11) is 0. The van der Waals surface area contributed by atoms with Crippen LogP contribution in [-0.2, 0) is 11.4 Å². The van der Waals surface area contributed by atoms with Crippen molar-refractivity contribution in [3.8, 4) is 11.5 Å². The van der Waals surface area contributed by atoms with Gasteiger partial charge >= 0.3 is 5.97 Å². The van der Waals surface area contributed by atoms with Crippen molar-refractivity contribution in [1.29, 1.82) is 0 Å². The zero-order chi connectivity index (χ0) is 21.8. The van der Waals surface area contributed by atoms with Gasteiger partial charge in [0.1, 0.15) is 24.6 Å². The quantitative estimate of drug-likeness (QED) is 0.309. The minimum Gasteiger partial charge on any atom is -0.485 e. The molecule has 0 amide bonds. The zero-order valence-electron chi connectivity index (χ0n) is 16.4. The molecule has 1 heterocycles. The minimum absolute atomic E-state index is 0.00705. The molecular formula is C23H17ClFN3O3. The van der Waals surface area contributed by atoms with E-state index < -0.39 is 11.8 Å². The SMILES string of the molecule is CC(=O)Oc1cc2ncnc(Nc3ccc(F)c(Cl)c3)c2cc1OCc1ccccc1. The van der Waals surface area contributed by atoms with Crippen LogP contribution in [0.25, 0.3) is 10.9 Å². The van der Waals surface area contributed by atoms with Crippen LogP contribution in [0, 0.1) is 5.82 Å². The number of carbonyl (C=O) groups is 1. The van der Waals surface area contributed by atoms with Crippen LogP contribution in [0.2, 0.25) is 5.02 Å². The van der Waals surface area contributed by atoms with Gasteiger partial charge in [0.25, 0.3) is 0 Å². The molecule has 0 aliphatic rings. The van der Waals surface area contributed by atoms with Gasteiger partial charge in [-0.15, -0.1) is 0 Å². The highest BCUT2D eigenvalue weighted by Crippen LogP contribution is 2.36. The van der Waals surface area contributed by atoms with Crippen LogP contribution in [0.5, 0.6) is 11.5 Å². The lowest BCUT2D eigenvalue weighted by Gasteiger charge is -2.14. The summed E-state index contributed by atoms with van der Waals surface area (Å²) in [6.07, 6.45) is 1.37. The van der Waals surface area contributed by atoms with Gasteiger partial charge < -0.3 is 14.8 Å². The van der Waals surface area contributed by atoms with Gasteiger partial charge in [0, 0.05) is 24.1 Å². The Bertz CT molecular complexity index is 1250. The minimum atomic E-state index is -0.512. The number of nitrogens with zero attached hydrogens (tertiary/aromatic N) is 2. The Morgan fingerprint density at radius 3 is 2.61 bits per heavy atom. The molecule has 1 aromatic heterocycles. The topological polar surface area (TPSA) is 73.3 Å². The van der Waals surface area contributed by atoms with Crippen molar-refractivity contribution in [2.75, 3.05) is 5.32 Å². The number of esters is 1. The van der Waals surface area contributed by atoms with Crippen LogP contribution < -0.4 is 14.8 Å². The molecule has 0 atom stereocenters. The van der Waals surface area contributed by atoms with E-state index in [0.717, 1.165) is 5.56 Å². The van der Waals surface area contributed by atoms with Gasteiger partial charge in [0.05, 0.1) is 10.5 Å². The van der Waals surface area contributed by atoms with E-state index >= 15 is 0 Å². The van der Waals surface area contributed by atoms with Gasteiger partial charge in [0.15, 0.2) is 11.5 Å². The van der Waals surface area contributed by atoms with Crippen molar-refractivity contribution in [3.63, 3.8) is 0 Å². The van der Waals surface area contributed by atoms with E-state index in [4.69, 9.17) is 21.1 Å². The monoisotopic (exact) mass is 437 g/mol. The smallest absolute Gasteiger partial charge is 0.308 e. The lowest BCUT2D eigenvalue weighted by atomic mass is 10.2. The molecule has 4 aromatic rings. The second-order valence-electron chi connectivity index (χ2n) is 6.66. The van der Waals surface area contributed by atoms with Crippen LogP contribution >= 0.6 is 11.6 Å². The molecule has 4 rings (SSSR count). The fourth-order valence-corrected chi connectivity index (χ4v) is 3.14. The van der Waals surface area contributed by atoms with Crippen LogP contribution in [-0.4, -0.2) is 15.9 Å². The maximum absolute atomic E-state index is 13.5. The van der Waals surface area contributed by atoms with E-state index in [-0.39, 0.29) is 17.4 Å². The van der Waals surface area contributed by atoms with E-state index in [0.29, 0.717) is 28.2 Å². The largest absolute Gasteiger partial charge is 0.485 e. The van der Waals surface area contributed by atoms with Gasteiger partial charge in [-0.2, -0.15) is 0 Å². The molecule has 0 saturated heterocycles. The van der Waals surface area contributed by atoms with E-state index in [9.17, 15) is 9.18 Å². The second kappa shape index (κ2) is 8.97. The number of anilines is 2. The van der Waals surface area contributed by atoms with Crippen LogP contribution in [0.15, 0.2) is 67.0 Å². The van der Waals surface area contributed by atoms with Gasteiger partial charge in [-0.25, -0.2) is 14.4 Å². The molecule has 0 aliphatic carbocycles. The molecule has 8 heteroatoms. The number of nitrogens with one attached hydrogen (secondary N) is 1. The Morgan fingerprint density at radius 2 is 1.87 bits per heavy atom. The maximum atomic E-state index is 13.5. The summed E-state index contributed by atoms with van der Waals surface area (Å²) in [6, 6.07) is 17.2. The van der Waals surface area contributed by atoms with Gasteiger partial charge in [-0.1, -0.05) is 41.9 Å². The first-order valence-electron chi connectivity index (χ1n) is 9.35. The standard InChI is InChI=1S/C23H17ClFN3O3/c1-14(29)31-22-11-20-17(10-21(22)30-12-15-5-3-2-4-6-15)23(27-13-26-20)28-16-7-8-19(25)18(24)9-16/h2-11,13H,12H2,1H3,(H,26,27,28). The van der Waals surface area contributed by atoms with Gasteiger partial charge in [-0.3, -0.25) is 4.79 Å². The average Bonchev–Trinajstić information content (AvgIpc) is 2.75. The molecule has 0 fully saturated rings. The van der Waals surface area contributed by atoms with Crippen molar-refractivity contribution in [1.82, 2.24) is 9.97 Å². The van der Waals surface area contributed by atoms with Crippen LogP contribution in [0.3, 0.4) is 0 Å². The number of benzene rings is 3. The molecule has 0 unspecified atom stereocenters. The number of hydrogen-bond acceptors (Lipinski definition) is 6. The molecule has 0 bridgehead atoms. The predicted octanol–water partition coefficient (Wildman–Crippen LogP) is 5.67. The summed E-state index contributed by atoms with van der Waals surface area (Å²) in [5.41, 5.74) is 2.05. The van der Waals surface area contributed by atoms with Crippen molar-refractivity contribution in [2.24, 2.45) is 0 Å². The van der Waals surface area contributed by atoms with Crippen molar-refractivity contribution >= 4 is 40.0 Å². The summed E-state index contributed by atoms with van der Waals surface area (Å²) < 4.78 is 24.7. The Balaban J connectivity index is 1.72. The highest BCUT2D eigenvalue weighted by molar-refractivity contribution is 6.31. The Morgan fingerprint density at radius 1 is 1.06 bits per heavy atom. The van der Waals surface area contributed by atoms with Crippen molar-refractivity contribution in [2.45, 2.75) is 13.5 Å². The number of carbonyl (C=O) groups excluding carboxylic acids is 1. The maximum Gasteiger partial charge on any atom is 0.308 e. The number of halogens is 2. The second-order valence-corrected chi connectivity index (χ2v) is 7.07. The number of ether oxygens (including phenoxy) is 2. The summed E-state index contributed by atoms with van der Waals surface area (Å²) >= 11 is 5.88. The molecule has 1 N–H and O–H groups in total. The Labute approximate surface area is 182 Å². The van der Waals surface area contributed by atoms with E-state index in [1.165, 1.54) is 25.4 Å². The molecule has 0 aliphatic heterocycles. The Kier molecular flexibility index (Phi) is 5.95. The van der Waals surface area contributed by atoms with Crippen LogP contribution in [0.4, 0.5) is 15.9 Å². The third-order valence-corrected chi connectivity index (χ3v) is 4.66. The van der Waals surface area contributed by atoms with E-state index in [1.54, 1.807) is 18.2 Å². The number of rotatable bonds is 6. The fourth-order valence-electron chi connectivity index (χ4n) is 2.96. The van der Waals surface area contributed by atoms with Gasteiger partial charge in [-0.05, 0) is 29.8 Å². The molecule has 0 saturated carbocycles. The van der Waals surface area contributed by atoms with E-state index in [2.05, 4.69) is 15.3 Å². The van der Waals surface area contributed by atoms with Crippen molar-refractivity contribution in [3.05, 3.63) is 83.4 Å². The number of aromatic nitrogens is 2. The summed E-state index contributed by atoms with van der Waals surface area (Å²) in [6.45, 7) is 1.60. The van der Waals surface area contributed by atoms with Crippen molar-refractivity contribution < 1.29 is 18.7 Å². The third-order valence-electron chi connectivity index (χ3n) is 4.37. The molecule has 0 spiro atoms. The third kappa shape index (κ3) is 4.90. The first-order chi connectivity index (χ1) is 15.0. The summed E-state index contributed by atoms with van der Waals surface area (Å²) in [5.74, 6) is 0.0956. The van der Waals surface area contributed by atoms with Gasteiger partial charge in [0.2, 0.25) is 0 Å². The predicted molar refractivity (Wildman–Crippen MR) is 116 cm³/mol. The Hall–Kier alpha value is -3.71. The van der Waals surface area contributed by atoms with Crippen LogP contribution in [0.1, 0.15) is 12.5 Å². The number of fused-ring (bicyclic) bond motifs is 1. The first kappa shape index (κ1) is 20.6. The lowest BCUT2D eigenvalue weighted by molar-refractivity contribution is -0.132. The fraction of sp³-hybridized carbons (Fsp3) is 0.0870. The molecular weight excluding hydrogens is 421 g/mol. The molecule has 0 radical (unpaired) electrons. The lowest BCUT2D eigenvalue weighted by Crippen LogP contribution is -2.05. The highest BCUT2D eigenvalue weighted by Gasteiger charge is 2.14. The number of hydrogen-bond donors (Lipinski definition) is 1. The molecule has 31 heavy (non-hydrogen) atoms. The zero-order valence-corrected chi connectivity index (χ0v) is 17.2. The average molecular weight is 438 g/mol. The highest BCUT2D eigenvalue weighted by atomic mass is 35.5. The first-order valence-corrected chi connectivity index (χ1v) is 9.73. The summed E-state index contributed by atoms with van der Waals surface area (Å²) in [5, 5.41) is 3.73.